The highest BCUT2D eigenvalue weighted by Crippen LogP contribution is 2.42. The van der Waals surface area contributed by atoms with E-state index in [1.54, 1.807) is 6.07 Å². The Morgan fingerprint density at radius 3 is 2.52 bits per heavy atom. The fourth-order valence-electron chi connectivity index (χ4n) is 3.15. The predicted molar refractivity (Wildman–Crippen MR) is 93.9 cm³/mol. The van der Waals surface area contributed by atoms with Crippen LogP contribution >= 0.6 is 0 Å². The van der Waals surface area contributed by atoms with Crippen LogP contribution in [0.4, 0.5) is 0 Å². The summed E-state index contributed by atoms with van der Waals surface area (Å²) < 4.78 is 28.6. The molecule has 0 bridgehead atoms. The van der Waals surface area contributed by atoms with Crippen molar-refractivity contribution in [1.29, 1.82) is 0 Å². The predicted octanol–water partition coefficient (Wildman–Crippen LogP) is 1.85. The Hall–Kier alpha value is -2.41. The summed E-state index contributed by atoms with van der Waals surface area (Å²) in [6.45, 7) is 3.99. The van der Waals surface area contributed by atoms with Gasteiger partial charge in [0.15, 0.2) is 21.7 Å². The average molecular weight is 360 g/mol. The lowest BCUT2D eigenvalue weighted by Gasteiger charge is -2.36. The van der Waals surface area contributed by atoms with Gasteiger partial charge in [-0.05, 0) is 17.5 Å². The van der Waals surface area contributed by atoms with E-state index in [1.807, 2.05) is 26.0 Å². The molecular formula is C18H20N2O4S. The molecule has 0 saturated carbocycles. The van der Waals surface area contributed by atoms with Crippen LogP contribution < -0.4 is 5.73 Å². The maximum Gasteiger partial charge on any atom is 0.199 e. The highest BCUT2D eigenvalue weighted by atomic mass is 32.2. The molecule has 3 rings (SSSR count). The van der Waals surface area contributed by atoms with Gasteiger partial charge in [-0.3, -0.25) is 9.78 Å². The van der Waals surface area contributed by atoms with E-state index in [1.165, 1.54) is 24.6 Å². The SMILES string of the molecule is CC1(C)C=C(N)C(c2ccc(S(C)(=O)=O)cn2)=CC1C1OC=CC1=O. The summed E-state index contributed by atoms with van der Waals surface area (Å²) in [5, 5.41) is 0. The minimum Gasteiger partial charge on any atom is -0.489 e. The molecule has 2 atom stereocenters. The van der Waals surface area contributed by atoms with Gasteiger partial charge in [-0.15, -0.1) is 0 Å². The van der Waals surface area contributed by atoms with Crippen LogP contribution in [0.15, 0.2) is 53.4 Å². The number of carbonyl (C=O) groups excluding carboxylic acids is 1. The summed E-state index contributed by atoms with van der Waals surface area (Å²) in [4.78, 5) is 16.4. The van der Waals surface area contributed by atoms with E-state index in [0.29, 0.717) is 17.0 Å². The van der Waals surface area contributed by atoms with E-state index in [0.717, 1.165) is 6.26 Å². The average Bonchev–Trinajstić information content (AvgIpc) is 2.92. The van der Waals surface area contributed by atoms with Crippen LogP contribution in [0, 0.1) is 11.3 Å². The Labute approximate surface area is 147 Å². The summed E-state index contributed by atoms with van der Waals surface area (Å²) in [6.07, 6.45) is 8.48. The molecule has 0 aromatic carbocycles. The quantitative estimate of drug-likeness (QED) is 0.883. The van der Waals surface area contributed by atoms with Crippen molar-refractivity contribution in [3.63, 3.8) is 0 Å². The number of aromatic nitrogens is 1. The Kier molecular flexibility index (Phi) is 4.07. The molecule has 1 aliphatic carbocycles. The third-order valence-corrected chi connectivity index (χ3v) is 5.65. The number of pyridine rings is 1. The van der Waals surface area contributed by atoms with Crippen LogP contribution in [-0.2, 0) is 19.4 Å². The van der Waals surface area contributed by atoms with Crippen LogP contribution in [0.5, 0.6) is 0 Å². The van der Waals surface area contributed by atoms with Crippen molar-refractivity contribution in [2.45, 2.75) is 24.8 Å². The van der Waals surface area contributed by atoms with Gasteiger partial charge in [0.05, 0.1) is 16.9 Å². The summed E-state index contributed by atoms with van der Waals surface area (Å²) in [5.41, 5.74) is 7.60. The number of nitrogens with zero attached hydrogens (tertiary/aromatic N) is 1. The molecule has 25 heavy (non-hydrogen) atoms. The molecule has 132 valence electrons. The van der Waals surface area contributed by atoms with Crippen LogP contribution in [0.3, 0.4) is 0 Å². The van der Waals surface area contributed by atoms with Crippen LogP contribution in [0.1, 0.15) is 19.5 Å². The number of nitrogens with two attached hydrogens (primary N) is 1. The van der Waals surface area contributed by atoms with Crippen molar-refractivity contribution in [3.05, 3.63) is 54.2 Å². The van der Waals surface area contributed by atoms with Gasteiger partial charge >= 0.3 is 0 Å². The molecule has 2 aliphatic rings. The molecular weight excluding hydrogens is 340 g/mol. The largest absolute Gasteiger partial charge is 0.489 e. The Balaban J connectivity index is 2.01. The number of ether oxygens (including phenoxy) is 1. The van der Waals surface area contributed by atoms with Crippen molar-refractivity contribution in [2.24, 2.45) is 17.1 Å². The van der Waals surface area contributed by atoms with E-state index >= 15 is 0 Å². The summed E-state index contributed by atoms with van der Waals surface area (Å²) >= 11 is 0. The molecule has 1 aromatic heterocycles. The standard InChI is InChI=1S/C18H20N2O4S/c1-18(2)9-14(19)12(8-13(18)17-16(21)6-7-24-17)15-5-4-11(10-20-15)25(3,22)23/h4-10,13,17H,19H2,1-3H3. The molecule has 0 spiro atoms. The van der Waals surface area contributed by atoms with Crippen LogP contribution in [-0.4, -0.2) is 31.5 Å². The van der Waals surface area contributed by atoms with E-state index in [4.69, 9.17) is 10.5 Å². The summed E-state index contributed by atoms with van der Waals surface area (Å²) in [7, 11) is -3.31. The second-order valence-electron chi connectivity index (χ2n) is 6.94. The van der Waals surface area contributed by atoms with Gasteiger partial charge in [0.25, 0.3) is 0 Å². The summed E-state index contributed by atoms with van der Waals surface area (Å²) in [6, 6.07) is 3.12. The zero-order valence-corrected chi connectivity index (χ0v) is 15.1. The lowest BCUT2D eigenvalue weighted by atomic mass is 9.70. The molecule has 0 radical (unpaired) electrons. The van der Waals surface area contributed by atoms with E-state index in [-0.39, 0.29) is 22.0 Å². The topological polar surface area (TPSA) is 99.4 Å². The second-order valence-corrected chi connectivity index (χ2v) is 8.96. The monoisotopic (exact) mass is 360 g/mol. The molecule has 0 saturated heterocycles. The van der Waals surface area contributed by atoms with Crippen LogP contribution in [0.2, 0.25) is 0 Å². The van der Waals surface area contributed by atoms with E-state index < -0.39 is 15.9 Å². The highest BCUT2D eigenvalue weighted by Gasteiger charge is 2.41. The van der Waals surface area contributed by atoms with Crippen molar-refractivity contribution in [3.8, 4) is 0 Å². The lowest BCUT2D eigenvalue weighted by Crippen LogP contribution is -2.38. The molecule has 2 heterocycles. The van der Waals surface area contributed by atoms with Crippen molar-refractivity contribution >= 4 is 21.2 Å². The second kappa shape index (κ2) is 5.84. The Morgan fingerprint density at radius 1 is 1.28 bits per heavy atom. The zero-order valence-electron chi connectivity index (χ0n) is 14.3. The first kappa shape index (κ1) is 17.4. The molecule has 7 heteroatoms. The third-order valence-electron chi connectivity index (χ3n) is 4.55. The first-order valence-corrected chi connectivity index (χ1v) is 9.71. The number of hydrogen-bond acceptors (Lipinski definition) is 6. The minimum atomic E-state index is -3.31. The van der Waals surface area contributed by atoms with Crippen molar-refractivity contribution < 1.29 is 17.9 Å². The first-order valence-electron chi connectivity index (χ1n) is 7.82. The van der Waals surface area contributed by atoms with Gasteiger partial charge in [-0.1, -0.05) is 26.0 Å². The zero-order chi connectivity index (χ0) is 18.4. The van der Waals surface area contributed by atoms with Crippen molar-refractivity contribution in [2.75, 3.05) is 6.26 Å². The normalized spacial score (nSPS) is 25.3. The fourth-order valence-corrected chi connectivity index (χ4v) is 3.71. The smallest absolute Gasteiger partial charge is 0.199 e. The van der Waals surface area contributed by atoms with Gasteiger partial charge in [0.2, 0.25) is 0 Å². The van der Waals surface area contributed by atoms with Crippen LogP contribution in [0.25, 0.3) is 5.57 Å². The Morgan fingerprint density at radius 2 is 2.00 bits per heavy atom. The number of carbonyl (C=O) groups is 1. The summed E-state index contributed by atoms with van der Waals surface area (Å²) in [5.74, 6) is -0.295. The van der Waals surface area contributed by atoms with E-state index in [9.17, 15) is 13.2 Å². The van der Waals surface area contributed by atoms with Gasteiger partial charge in [-0.2, -0.15) is 0 Å². The molecule has 1 aliphatic heterocycles. The fraction of sp³-hybridized carbons (Fsp3) is 0.333. The van der Waals surface area contributed by atoms with Gasteiger partial charge in [0.1, 0.15) is 0 Å². The van der Waals surface area contributed by atoms with Gasteiger partial charge in [0, 0.05) is 35.7 Å². The maximum absolute atomic E-state index is 12.1. The number of allylic oxidation sites excluding steroid dienone is 2. The Bertz CT molecular complexity index is 909. The third kappa shape index (κ3) is 3.24. The van der Waals surface area contributed by atoms with Gasteiger partial charge < -0.3 is 10.5 Å². The number of ketones is 1. The maximum atomic E-state index is 12.1. The highest BCUT2D eigenvalue weighted by molar-refractivity contribution is 7.90. The van der Waals surface area contributed by atoms with Crippen molar-refractivity contribution in [1.82, 2.24) is 4.98 Å². The first-order chi connectivity index (χ1) is 11.6. The van der Waals surface area contributed by atoms with E-state index in [2.05, 4.69) is 4.98 Å². The molecule has 0 amide bonds. The minimum absolute atomic E-state index is 0.0806. The molecule has 1 aromatic rings. The molecule has 2 unspecified atom stereocenters. The lowest BCUT2D eigenvalue weighted by molar-refractivity contribution is -0.123. The molecule has 6 nitrogen and oxygen atoms in total. The van der Waals surface area contributed by atoms with Gasteiger partial charge in [-0.25, -0.2) is 8.42 Å². The number of sulfone groups is 1. The molecule has 2 N–H and O–H groups in total. The number of hydrogen-bond donors (Lipinski definition) is 1. The molecule has 0 fully saturated rings. The number of rotatable bonds is 3.